The molecule has 0 saturated heterocycles. The topological polar surface area (TPSA) is 48.1 Å². The minimum atomic E-state index is -0.287. The van der Waals surface area contributed by atoms with E-state index in [4.69, 9.17) is 33.7 Å². The molecule has 100 valence electrons. The summed E-state index contributed by atoms with van der Waals surface area (Å²) in [7, 11) is 0. The molecular formula is C13H11BrCl2N2O. The molecule has 0 saturated carbocycles. The Balaban J connectivity index is 2.27. The van der Waals surface area contributed by atoms with E-state index in [0.29, 0.717) is 21.6 Å². The van der Waals surface area contributed by atoms with Crippen LogP contribution in [0.3, 0.4) is 0 Å². The van der Waals surface area contributed by atoms with Crippen molar-refractivity contribution in [2.75, 3.05) is 5.73 Å². The first-order chi connectivity index (χ1) is 8.97. The first-order valence-corrected chi connectivity index (χ1v) is 7.05. The van der Waals surface area contributed by atoms with E-state index < -0.39 is 0 Å². The van der Waals surface area contributed by atoms with Crippen LogP contribution in [-0.4, -0.2) is 4.98 Å². The molecule has 0 spiro atoms. The number of pyridine rings is 1. The maximum atomic E-state index is 6.13. The molecule has 1 heterocycles. The summed E-state index contributed by atoms with van der Waals surface area (Å²) in [5.74, 6) is 0.825. The van der Waals surface area contributed by atoms with Crippen molar-refractivity contribution in [2.45, 2.75) is 13.0 Å². The van der Waals surface area contributed by atoms with Gasteiger partial charge < -0.3 is 10.5 Å². The molecular weight excluding hydrogens is 351 g/mol. The number of hydrogen-bond donors (Lipinski definition) is 1. The van der Waals surface area contributed by atoms with Crippen LogP contribution in [0.2, 0.25) is 10.0 Å². The van der Waals surface area contributed by atoms with E-state index in [1.54, 1.807) is 30.5 Å². The molecule has 0 fully saturated rings. The molecule has 1 aromatic heterocycles. The number of nitrogens with two attached hydrogens (primary N) is 1. The zero-order valence-electron chi connectivity index (χ0n) is 10.0. The zero-order chi connectivity index (χ0) is 14.0. The Morgan fingerprint density at radius 3 is 2.79 bits per heavy atom. The van der Waals surface area contributed by atoms with Gasteiger partial charge in [-0.2, -0.15) is 0 Å². The van der Waals surface area contributed by atoms with Gasteiger partial charge in [-0.15, -0.1) is 0 Å². The highest BCUT2D eigenvalue weighted by molar-refractivity contribution is 9.10. The highest BCUT2D eigenvalue weighted by atomic mass is 79.9. The van der Waals surface area contributed by atoms with Crippen LogP contribution in [0, 0.1) is 0 Å². The summed E-state index contributed by atoms with van der Waals surface area (Å²) in [4.78, 5) is 4.01. The van der Waals surface area contributed by atoms with Crippen LogP contribution in [0.1, 0.15) is 18.6 Å². The molecule has 0 aliphatic carbocycles. The van der Waals surface area contributed by atoms with Crippen LogP contribution in [0.15, 0.2) is 34.9 Å². The van der Waals surface area contributed by atoms with Gasteiger partial charge in [0.1, 0.15) is 6.10 Å². The van der Waals surface area contributed by atoms with E-state index in [1.165, 1.54) is 0 Å². The van der Waals surface area contributed by atoms with E-state index in [1.807, 2.05) is 6.92 Å². The molecule has 0 radical (unpaired) electrons. The summed E-state index contributed by atoms with van der Waals surface area (Å²) in [6.45, 7) is 1.87. The molecule has 0 aliphatic rings. The fraction of sp³-hybridized carbons (Fsp3) is 0.154. The van der Waals surface area contributed by atoms with Gasteiger partial charge in [-0.3, -0.25) is 0 Å². The minimum absolute atomic E-state index is 0.287. The second kappa shape index (κ2) is 5.99. The summed E-state index contributed by atoms with van der Waals surface area (Å²) >= 11 is 15.4. The van der Waals surface area contributed by atoms with Gasteiger partial charge in [-0.25, -0.2) is 4.98 Å². The second-order valence-corrected chi connectivity index (χ2v) is 5.72. The van der Waals surface area contributed by atoms with Gasteiger partial charge >= 0.3 is 0 Å². The second-order valence-electron chi connectivity index (χ2n) is 3.96. The van der Waals surface area contributed by atoms with Gasteiger partial charge in [-0.1, -0.05) is 23.2 Å². The first kappa shape index (κ1) is 14.4. The van der Waals surface area contributed by atoms with Crippen molar-refractivity contribution in [1.82, 2.24) is 4.98 Å². The third-order valence-electron chi connectivity index (χ3n) is 2.55. The first-order valence-electron chi connectivity index (χ1n) is 5.50. The van der Waals surface area contributed by atoms with Gasteiger partial charge in [0, 0.05) is 26.3 Å². The summed E-state index contributed by atoms with van der Waals surface area (Å²) < 4.78 is 6.58. The Labute approximate surface area is 129 Å². The van der Waals surface area contributed by atoms with E-state index in [-0.39, 0.29) is 6.10 Å². The van der Waals surface area contributed by atoms with Gasteiger partial charge in [0.2, 0.25) is 0 Å². The van der Waals surface area contributed by atoms with E-state index >= 15 is 0 Å². The lowest BCUT2D eigenvalue weighted by atomic mass is 10.1. The van der Waals surface area contributed by atoms with Gasteiger partial charge in [0.25, 0.3) is 0 Å². The Hall–Kier alpha value is -0.970. The molecule has 1 aromatic carbocycles. The van der Waals surface area contributed by atoms with Crippen molar-refractivity contribution < 1.29 is 4.74 Å². The highest BCUT2D eigenvalue weighted by Crippen LogP contribution is 2.32. The lowest BCUT2D eigenvalue weighted by Crippen LogP contribution is -2.06. The average molecular weight is 362 g/mol. The Morgan fingerprint density at radius 1 is 1.32 bits per heavy atom. The maximum Gasteiger partial charge on any atom is 0.166 e. The number of benzene rings is 1. The number of anilines is 1. The molecule has 2 rings (SSSR count). The van der Waals surface area contributed by atoms with Crippen LogP contribution in [0.5, 0.6) is 5.75 Å². The molecule has 2 aromatic rings. The summed E-state index contributed by atoms with van der Waals surface area (Å²) in [5, 5.41) is 1.20. The zero-order valence-corrected chi connectivity index (χ0v) is 13.1. The van der Waals surface area contributed by atoms with Crippen LogP contribution in [0.25, 0.3) is 0 Å². The third-order valence-corrected chi connectivity index (χ3v) is 3.56. The summed E-state index contributed by atoms with van der Waals surface area (Å²) in [6.07, 6.45) is 1.32. The standard InChI is InChI=1S/C13H11BrCl2N2O/c1-7(10-5-9(15)2-3-11(10)16)19-12-4-8(14)6-18-13(12)17/h2-7H,1H3,(H2,17,18)/t7-/m1/s1. The fourth-order valence-corrected chi connectivity index (χ4v) is 2.37. The van der Waals surface area contributed by atoms with E-state index in [0.717, 1.165) is 10.0 Å². The van der Waals surface area contributed by atoms with Crippen molar-refractivity contribution in [3.05, 3.63) is 50.5 Å². The van der Waals surface area contributed by atoms with E-state index in [2.05, 4.69) is 20.9 Å². The Morgan fingerprint density at radius 2 is 2.05 bits per heavy atom. The molecule has 0 bridgehead atoms. The number of ether oxygens (including phenoxy) is 1. The Bertz CT molecular complexity index is 607. The molecule has 1 atom stereocenters. The quantitative estimate of drug-likeness (QED) is 0.847. The predicted octanol–water partition coefficient (Wildman–Crippen LogP) is 4.87. The van der Waals surface area contributed by atoms with Crippen LogP contribution in [-0.2, 0) is 0 Å². The lowest BCUT2D eigenvalue weighted by molar-refractivity contribution is 0.227. The SMILES string of the molecule is C[C@@H](Oc1cc(Br)cnc1N)c1cc(Cl)ccc1Cl. The van der Waals surface area contributed by atoms with Crippen molar-refractivity contribution in [1.29, 1.82) is 0 Å². The van der Waals surface area contributed by atoms with Crippen LogP contribution in [0.4, 0.5) is 5.82 Å². The van der Waals surface area contributed by atoms with Crippen molar-refractivity contribution in [2.24, 2.45) is 0 Å². The molecule has 0 aliphatic heterocycles. The number of nitrogens with zero attached hydrogens (tertiary/aromatic N) is 1. The number of hydrogen-bond acceptors (Lipinski definition) is 3. The number of rotatable bonds is 3. The normalized spacial score (nSPS) is 12.2. The maximum absolute atomic E-state index is 6.13. The Kier molecular flexibility index (Phi) is 4.55. The van der Waals surface area contributed by atoms with E-state index in [9.17, 15) is 0 Å². The number of halogens is 3. The molecule has 19 heavy (non-hydrogen) atoms. The van der Waals surface area contributed by atoms with Gasteiger partial charge in [0.05, 0.1) is 0 Å². The molecule has 0 unspecified atom stereocenters. The summed E-state index contributed by atoms with van der Waals surface area (Å²) in [6, 6.07) is 7.00. The molecule has 2 N–H and O–H groups in total. The monoisotopic (exact) mass is 360 g/mol. The molecule has 3 nitrogen and oxygen atoms in total. The minimum Gasteiger partial charge on any atom is -0.482 e. The number of nitrogen functional groups attached to an aromatic ring is 1. The van der Waals surface area contributed by atoms with Crippen molar-refractivity contribution in [3.63, 3.8) is 0 Å². The average Bonchev–Trinajstić information content (AvgIpc) is 2.36. The highest BCUT2D eigenvalue weighted by Gasteiger charge is 2.14. The molecule has 6 heteroatoms. The molecule has 0 amide bonds. The largest absolute Gasteiger partial charge is 0.482 e. The predicted molar refractivity (Wildman–Crippen MR) is 81.9 cm³/mol. The summed E-state index contributed by atoms with van der Waals surface area (Å²) in [5.41, 5.74) is 6.57. The van der Waals surface area contributed by atoms with Gasteiger partial charge in [-0.05, 0) is 47.1 Å². The lowest BCUT2D eigenvalue weighted by Gasteiger charge is -2.17. The van der Waals surface area contributed by atoms with Crippen molar-refractivity contribution in [3.8, 4) is 5.75 Å². The third kappa shape index (κ3) is 3.53. The number of aromatic nitrogens is 1. The van der Waals surface area contributed by atoms with Crippen LogP contribution < -0.4 is 10.5 Å². The smallest absolute Gasteiger partial charge is 0.166 e. The fourth-order valence-electron chi connectivity index (χ4n) is 1.61. The van der Waals surface area contributed by atoms with Crippen molar-refractivity contribution >= 4 is 44.9 Å². The van der Waals surface area contributed by atoms with Gasteiger partial charge in [0.15, 0.2) is 11.6 Å². The van der Waals surface area contributed by atoms with Crippen LogP contribution >= 0.6 is 39.1 Å².